The minimum atomic E-state index is -0.685. The van der Waals surface area contributed by atoms with Gasteiger partial charge >= 0.3 is 0 Å². The lowest BCUT2D eigenvalue weighted by Gasteiger charge is -2.65. The van der Waals surface area contributed by atoms with Crippen molar-refractivity contribution in [3.8, 4) is 0 Å². The smallest absolute Gasteiger partial charge is 0.0771 e. The van der Waals surface area contributed by atoms with Gasteiger partial charge in [0.15, 0.2) is 0 Å². The predicted molar refractivity (Wildman–Crippen MR) is 94.3 cm³/mol. The summed E-state index contributed by atoms with van der Waals surface area (Å²) in [5.74, 6) is 1.10. The van der Waals surface area contributed by atoms with Crippen molar-refractivity contribution in [2.75, 3.05) is 0 Å². The summed E-state index contributed by atoms with van der Waals surface area (Å²) in [6.45, 7) is 8.86. The molecule has 3 N–H and O–H groups in total. The van der Waals surface area contributed by atoms with E-state index in [2.05, 4.69) is 27.7 Å². The van der Waals surface area contributed by atoms with Gasteiger partial charge in [0.25, 0.3) is 0 Å². The Morgan fingerprint density at radius 1 is 1.00 bits per heavy atom. The first kappa shape index (κ1) is 17.1. The molecule has 3 fully saturated rings. The lowest BCUT2D eigenvalue weighted by Crippen LogP contribution is -2.65. The molecule has 3 nitrogen and oxygen atoms in total. The molecule has 3 unspecified atom stereocenters. The predicted octanol–water partition coefficient (Wildman–Crippen LogP) is 3.42. The molecule has 0 aromatic rings. The molecule has 0 spiro atoms. The maximum Gasteiger partial charge on any atom is 0.0771 e. The van der Waals surface area contributed by atoms with Gasteiger partial charge in [-0.1, -0.05) is 26.3 Å². The molecule has 0 aliphatic heterocycles. The first-order valence-electron chi connectivity index (χ1n) is 9.94. The molecule has 4 rings (SSSR count). The number of hydrogen-bond acceptors (Lipinski definition) is 3. The normalized spacial score (nSPS) is 57.4. The van der Waals surface area contributed by atoms with Crippen molar-refractivity contribution >= 4 is 0 Å². The van der Waals surface area contributed by atoms with Gasteiger partial charge < -0.3 is 15.3 Å². The van der Waals surface area contributed by atoms with Crippen LogP contribution in [-0.2, 0) is 0 Å². The monoisotopic (exact) mass is 334 g/mol. The summed E-state index contributed by atoms with van der Waals surface area (Å²) in [6.07, 6.45) is 5.74. The fourth-order valence-electron chi connectivity index (χ4n) is 7.40. The molecule has 0 aromatic heterocycles. The van der Waals surface area contributed by atoms with Gasteiger partial charge in [0, 0.05) is 5.41 Å². The summed E-state index contributed by atoms with van der Waals surface area (Å²) in [5.41, 5.74) is 1.53. The summed E-state index contributed by atoms with van der Waals surface area (Å²) in [6, 6.07) is 0. The van der Waals surface area contributed by atoms with E-state index >= 15 is 0 Å². The zero-order chi connectivity index (χ0) is 17.5. The molecule has 0 saturated heterocycles. The Kier molecular flexibility index (Phi) is 3.61. The second-order valence-electron chi connectivity index (χ2n) is 9.89. The Bertz CT molecular complexity index is 584. The fourth-order valence-corrected chi connectivity index (χ4v) is 7.40. The van der Waals surface area contributed by atoms with Gasteiger partial charge in [0.05, 0.1) is 17.8 Å². The van der Waals surface area contributed by atoms with Crippen LogP contribution in [-0.4, -0.2) is 33.1 Å². The maximum absolute atomic E-state index is 12.1. The van der Waals surface area contributed by atoms with E-state index in [1.165, 1.54) is 5.57 Å². The van der Waals surface area contributed by atoms with Crippen molar-refractivity contribution < 1.29 is 15.3 Å². The molecule has 0 heterocycles. The van der Waals surface area contributed by atoms with Crippen molar-refractivity contribution in [3.05, 3.63) is 11.1 Å². The Hall–Kier alpha value is -0.380. The van der Waals surface area contributed by atoms with Gasteiger partial charge in [0.2, 0.25) is 0 Å². The highest BCUT2D eigenvalue weighted by Gasteiger charge is 2.67. The van der Waals surface area contributed by atoms with Gasteiger partial charge in [-0.3, -0.25) is 0 Å². The highest BCUT2D eigenvalue weighted by Crippen LogP contribution is 2.68. The van der Waals surface area contributed by atoms with Gasteiger partial charge in [-0.15, -0.1) is 0 Å². The number of hydrogen-bond donors (Lipinski definition) is 3. The molecule has 3 heteroatoms. The van der Waals surface area contributed by atoms with Crippen LogP contribution in [0.25, 0.3) is 0 Å². The Morgan fingerprint density at radius 2 is 1.71 bits per heavy atom. The summed E-state index contributed by atoms with van der Waals surface area (Å²) < 4.78 is 0. The number of fused-ring (bicyclic) bond motifs is 5. The molecular formula is C21H34O3. The molecule has 0 amide bonds. The topological polar surface area (TPSA) is 60.7 Å². The van der Waals surface area contributed by atoms with Crippen LogP contribution in [0, 0.1) is 28.6 Å². The molecule has 136 valence electrons. The van der Waals surface area contributed by atoms with Crippen LogP contribution in [0.2, 0.25) is 0 Å². The summed E-state index contributed by atoms with van der Waals surface area (Å²) in [7, 11) is 0. The summed E-state index contributed by atoms with van der Waals surface area (Å²) in [5, 5.41) is 33.0. The van der Waals surface area contributed by atoms with Crippen molar-refractivity contribution in [2.45, 2.75) is 90.4 Å². The molecule has 24 heavy (non-hydrogen) atoms. The van der Waals surface area contributed by atoms with Crippen LogP contribution in [0.15, 0.2) is 11.1 Å². The fraction of sp³-hybridized carbons (Fsp3) is 0.905. The molecule has 3 saturated carbocycles. The van der Waals surface area contributed by atoms with Crippen molar-refractivity contribution in [2.24, 2.45) is 28.6 Å². The van der Waals surface area contributed by atoms with E-state index in [0.717, 1.165) is 50.5 Å². The van der Waals surface area contributed by atoms with Crippen molar-refractivity contribution in [3.63, 3.8) is 0 Å². The molecule has 8 atom stereocenters. The van der Waals surface area contributed by atoms with E-state index < -0.39 is 5.60 Å². The Morgan fingerprint density at radius 3 is 2.42 bits per heavy atom. The van der Waals surface area contributed by atoms with E-state index in [1.807, 2.05) is 0 Å². The van der Waals surface area contributed by atoms with Crippen LogP contribution >= 0.6 is 0 Å². The highest BCUT2D eigenvalue weighted by molar-refractivity contribution is 5.35. The Labute approximate surface area is 146 Å². The van der Waals surface area contributed by atoms with Crippen molar-refractivity contribution in [1.29, 1.82) is 0 Å². The van der Waals surface area contributed by atoms with Gasteiger partial charge in [-0.25, -0.2) is 0 Å². The quantitative estimate of drug-likeness (QED) is 0.595. The van der Waals surface area contributed by atoms with E-state index in [1.54, 1.807) is 0 Å². The lowest BCUT2D eigenvalue weighted by atomic mass is 9.42. The maximum atomic E-state index is 12.1. The standard InChI is InChI=1S/C21H34O3/c1-12-11-15-13(2)16(22)7-8-20(15,4)21(24)10-9-19(3)14(18(12)21)5-6-17(19)23/h12,14,16-18,22-24H,5-11H2,1-4H3/t12?,14-,16?,17?,18-,19-,20-,21-/m0/s1. The van der Waals surface area contributed by atoms with Crippen LogP contribution in [0.1, 0.15) is 72.6 Å². The number of aliphatic hydroxyl groups is 3. The first-order valence-corrected chi connectivity index (χ1v) is 9.94. The molecular weight excluding hydrogens is 300 g/mol. The summed E-state index contributed by atoms with van der Waals surface area (Å²) in [4.78, 5) is 0. The summed E-state index contributed by atoms with van der Waals surface area (Å²) >= 11 is 0. The second kappa shape index (κ2) is 5.08. The average Bonchev–Trinajstić information content (AvgIpc) is 2.83. The molecule has 0 bridgehead atoms. The second-order valence-corrected chi connectivity index (χ2v) is 9.89. The van der Waals surface area contributed by atoms with Crippen LogP contribution in [0.3, 0.4) is 0 Å². The zero-order valence-corrected chi connectivity index (χ0v) is 15.7. The van der Waals surface area contributed by atoms with Crippen LogP contribution in [0.4, 0.5) is 0 Å². The van der Waals surface area contributed by atoms with Crippen LogP contribution < -0.4 is 0 Å². The third kappa shape index (κ3) is 1.84. The number of rotatable bonds is 0. The molecule has 4 aliphatic rings. The molecule has 4 aliphatic carbocycles. The third-order valence-electron chi connectivity index (χ3n) is 9.04. The number of aliphatic hydroxyl groups excluding tert-OH is 2. The van der Waals surface area contributed by atoms with E-state index in [0.29, 0.717) is 11.8 Å². The lowest BCUT2D eigenvalue weighted by molar-refractivity contribution is -0.212. The Balaban J connectivity index is 1.82. The van der Waals surface area contributed by atoms with Gasteiger partial charge in [-0.05, 0) is 80.6 Å². The van der Waals surface area contributed by atoms with Gasteiger partial charge in [-0.2, -0.15) is 0 Å². The van der Waals surface area contributed by atoms with E-state index in [4.69, 9.17) is 0 Å². The highest BCUT2D eigenvalue weighted by atomic mass is 16.3. The molecule has 0 aromatic carbocycles. The largest absolute Gasteiger partial charge is 0.393 e. The minimum Gasteiger partial charge on any atom is -0.393 e. The van der Waals surface area contributed by atoms with E-state index in [9.17, 15) is 15.3 Å². The molecule has 0 radical (unpaired) electrons. The first-order chi connectivity index (χ1) is 11.1. The third-order valence-corrected chi connectivity index (χ3v) is 9.04. The van der Waals surface area contributed by atoms with Crippen molar-refractivity contribution in [1.82, 2.24) is 0 Å². The van der Waals surface area contributed by atoms with Crippen LogP contribution in [0.5, 0.6) is 0 Å². The van der Waals surface area contributed by atoms with Gasteiger partial charge in [0.1, 0.15) is 0 Å². The minimum absolute atomic E-state index is 0.0219. The SMILES string of the molecule is CC1=C2CC(C)[C@H]3[C@@H]4CCC(O)[C@@]4(C)CC[C@@]3(O)[C@@]2(C)CCC1O. The average molecular weight is 335 g/mol. The van der Waals surface area contributed by atoms with E-state index in [-0.39, 0.29) is 29.0 Å². The zero-order valence-electron chi connectivity index (χ0n) is 15.7.